The standard InChI is InChI=1S/C15H17FN2/c1-2-10-5-6-13(16)14-12(9-18-15(10)14)11-4-3-7-17-8-11/h4-6,9,17-18H,2-3,7-8H2,1H3. The van der Waals surface area contributed by atoms with E-state index in [2.05, 4.69) is 23.3 Å². The molecule has 94 valence electrons. The third kappa shape index (κ3) is 1.75. The number of rotatable bonds is 2. The van der Waals surface area contributed by atoms with Gasteiger partial charge in [-0.05, 0) is 36.6 Å². The number of halogens is 1. The first-order chi connectivity index (χ1) is 8.81. The summed E-state index contributed by atoms with van der Waals surface area (Å²) in [7, 11) is 0. The molecule has 2 N–H and O–H groups in total. The fraction of sp³-hybridized carbons (Fsp3) is 0.333. The lowest BCUT2D eigenvalue weighted by molar-refractivity contribution is 0.639. The number of H-pyrrole nitrogens is 1. The molecule has 0 saturated carbocycles. The Labute approximate surface area is 106 Å². The topological polar surface area (TPSA) is 27.8 Å². The number of aromatic amines is 1. The summed E-state index contributed by atoms with van der Waals surface area (Å²) in [6, 6.07) is 3.45. The van der Waals surface area contributed by atoms with E-state index < -0.39 is 0 Å². The van der Waals surface area contributed by atoms with E-state index in [1.165, 1.54) is 11.1 Å². The molecule has 1 aliphatic heterocycles. The molecule has 3 rings (SSSR count). The molecule has 0 spiro atoms. The molecule has 1 aromatic carbocycles. The van der Waals surface area contributed by atoms with E-state index >= 15 is 0 Å². The Kier molecular flexibility index (Phi) is 2.92. The summed E-state index contributed by atoms with van der Waals surface area (Å²) in [6.07, 6.45) is 6.06. The number of fused-ring (bicyclic) bond motifs is 1. The molecule has 0 aliphatic carbocycles. The van der Waals surface area contributed by atoms with Crippen LogP contribution in [0.25, 0.3) is 16.5 Å². The molecule has 0 bridgehead atoms. The molecule has 0 amide bonds. The number of benzene rings is 1. The van der Waals surface area contributed by atoms with Gasteiger partial charge in [-0.25, -0.2) is 4.39 Å². The number of nitrogens with one attached hydrogen (secondary N) is 2. The second-order valence-electron chi connectivity index (χ2n) is 4.71. The average molecular weight is 244 g/mol. The van der Waals surface area contributed by atoms with Crippen LogP contribution < -0.4 is 5.32 Å². The summed E-state index contributed by atoms with van der Waals surface area (Å²) in [5.74, 6) is -0.134. The van der Waals surface area contributed by atoms with Crippen molar-refractivity contribution < 1.29 is 4.39 Å². The van der Waals surface area contributed by atoms with E-state index in [-0.39, 0.29) is 5.82 Å². The summed E-state index contributed by atoms with van der Waals surface area (Å²) in [4.78, 5) is 3.24. The predicted molar refractivity (Wildman–Crippen MR) is 73.1 cm³/mol. The van der Waals surface area contributed by atoms with Crippen LogP contribution in [0.4, 0.5) is 4.39 Å². The Morgan fingerprint density at radius 2 is 2.22 bits per heavy atom. The molecule has 1 aliphatic rings. The van der Waals surface area contributed by atoms with E-state index in [4.69, 9.17) is 0 Å². The third-order valence-corrected chi connectivity index (χ3v) is 3.63. The molecule has 2 nitrogen and oxygen atoms in total. The van der Waals surface area contributed by atoms with Crippen molar-refractivity contribution in [2.24, 2.45) is 0 Å². The van der Waals surface area contributed by atoms with Gasteiger partial charge in [0.25, 0.3) is 0 Å². The van der Waals surface area contributed by atoms with Crippen molar-refractivity contribution in [2.75, 3.05) is 13.1 Å². The van der Waals surface area contributed by atoms with Crippen LogP contribution in [-0.4, -0.2) is 18.1 Å². The van der Waals surface area contributed by atoms with Gasteiger partial charge < -0.3 is 10.3 Å². The van der Waals surface area contributed by atoms with Crippen LogP contribution in [0, 0.1) is 5.82 Å². The van der Waals surface area contributed by atoms with E-state index in [0.29, 0.717) is 0 Å². The van der Waals surface area contributed by atoms with Crippen LogP contribution in [0.1, 0.15) is 24.5 Å². The lowest BCUT2D eigenvalue weighted by Gasteiger charge is -2.13. The summed E-state index contributed by atoms with van der Waals surface area (Å²) in [5, 5.41) is 4.07. The molecule has 2 heterocycles. The molecule has 0 atom stereocenters. The van der Waals surface area contributed by atoms with Crippen molar-refractivity contribution in [1.29, 1.82) is 0 Å². The highest BCUT2D eigenvalue weighted by Crippen LogP contribution is 2.30. The van der Waals surface area contributed by atoms with Crippen molar-refractivity contribution in [2.45, 2.75) is 19.8 Å². The van der Waals surface area contributed by atoms with E-state index in [0.717, 1.165) is 42.4 Å². The minimum absolute atomic E-state index is 0.134. The Bertz CT molecular complexity index is 610. The molecule has 0 radical (unpaired) electrons. The maximum Gasteiger partial charge on any atom is 0.133 e. The van der Waals surface area contributed by atoms with Crippen LogP contribution in [0.2, 0.25) is 0 Å². The second kappa shape index (κ2) is 4.58. The summed E-state index contributed by atoms with van der Waals surface area (Å²) in [5.41, 5.74) is 4.31. The van der Waals surface area contributed by atoms with Gasteiger partial charge in [0.1, 0.15) is 5.82 Å². The minimum atomic E-state index is -0.134. The first kappa shape index (κ1) is 11.5. The number of hydrogen-bond acceptors (Lipinski definition) is 1. The molecule has 0 fully saturated rings. The first-order valence-electron chi connectivity index (χ1n) is 6.50. The van der Waals surface area contributed by atoms with Crippen molar-refractivity contribution >= 4 is 16.5 Å². The van der Waals surface area contributed by atoms with Crippen LogP contribution >= 0.6 is 0 Å². The van der Waals surface area contributed by atoms with Crippen LogP contribution in [0.5, 0.6) is 0 Å². The van der Waals surface area contributed by atoms with Gasteiger partial charge in [0.2, 0.25) is 0 Å². The highest BCUT2D eigenvalue weighted by atomic mass is 19.1. The normalized spacial score (nSPS) is 16.0. The Hall–Kier alpha value is -1.61. The molecule has 18 heavy (non-hydrogen) atoms. The monoisotopic (exact) mass is 244 g/mol. The van der Waals surface area contributed by atoms with Crippen molar-refractivity contribution in [3.63, 3.8) is 0 Å². The first-order valence-corrected chi connectivity index (χ1v) is 6.50. The number of aromatic nitrogens is 1. The second-order valence-corrected chi connectivity index (χ2v) is 4.71. The van der Waals surface area contributed by atoms with Crippen molar-refractivity contribution in [3.8, 4) is 0 Å². The molecular formula is C15H17FN2. The summed E-state index contributed by atoms with van der Waals surface area (Å²) in [6.45, 7) is 3.92. The van der Waals surface area contributed by atoms with E-state index in [9.17, 15) is 4.39 Å². The maximum atomic E-state index is 14.1. The quantitative estimate of drug-likeness (QED) is 0.834. The maximum absolute atomic E-state index is 14.1. The summed E-state index contributed by atoms with van der Waals surface area (Å²) >= 11 is 0. The average Bonchev–Trinajstić information content (AvgIpc) is 2.86. The van der Waals surface area contributed by atoms with Gasteiger partial charge in [-0.15, -0.1) is 0 Å². The Balaban J connectivity index is 2.22. The molecular weight excluding hydrogens is 227 g/mol. The minimum Gasteiger partial charge on any atom is -0.360 e. The smallest absolute Gasteiger partial charge is 0.133 e. The Morgan fingerprint density at radius 1 is 1.33 bits per heavy atom. The van der Waals surface area contributed by atoms with Gasteiger partial charge in [0.15, 0.2) is 0 Å². The lowest BCUT2D eigenvalue weighted by atomic mass is 9.99. The predicted octanol–water partition coefficient (Wildman–Crippen LogP) is 3.25. The highest BCUT2D eigenvalue weighted by molar-refractivity contribution is 5.95. The Morgan fingerprint density at radius 3 is 2.94 bits per heavy atom. The SMILES string of the molecule is CCc1ccc(F)c2c(C3=CCCNC3)c[nH]c12. The fourth-order valence-electron chi connectivity index (χ4n) is 2.66. The van der Waals surface area contributed by atoms with Gasteiger partial charge >= 0.3 is 0 Å². The molecule has 2 aromatic rings. The fourth-order valence-corrected chi connectivity index (χ4v) is 2.66. The number of hydrogen-bond donors (Lipinski definition) is 2. The number of aryl methyl sites for hydroxylation is 1. The highest BCUT2D eigenvalue weighted by Gasteiger charge is 2.15. The largest absolute Gasteiger partial charge is 0.360 e. The third-order valence-electron chi connectivity index (χ3n) is 3.63. The zero-order valence-corrected chi connectivity index (χ0v) is 10.5. The zero-order valence-electron chi connectivity index (χ0n) is 10.5. The van der Waals surface area contributed by atoms with E-state index in [1.54, 1.807) is 6.07 Å². The molecule has 1 aromatic heterocycles. The van der Waals surface area contributed by atoms with Gasteiger partial charge in [0.05, 0.1) is 5.52 Å². The van der Waals surface area contributed by atoms with Crippen LogP contribution in [0.3, 0.4) is 0 Å². The van der Waals surface area contributed by atoms with Gasteiger partial charge in [-0.3, -0.25) is 0 Å². The van der Waals surface area contributed by atoms with Crippen molar-refractivity contribution in [1.82, 2.24) is 10.3 Å². The van der Waals surface area contributed by atoms with Crippen molar-refractivity contribution in [3.05, 3.63) is 41.3 Å². The van der Waals surface area contributed by atoms with Gasteiger partial charge in [-0.2, -0.15) is 0 Å². The molecule has 0 unspecified atom stereocenters. The van der Waals surface area contributed by atoms with Crippen LogP contribution in [-0.2, 0) is 6.42 Å². The van der Waals surface area contributed by atoms with Gasteiger partial charge in [0, 0.05) is 23.7 Å². The summed E-state index contributed by atoms with van der Waals surface area (Å²) < 4.78 is 14.1. The zero-order chi connectivity index (χ0) is 12.5. The lowest BCUT2D eigenvalue weighted by Crippen LogP contribution is -2.21. The van der Waals surface area contributed by atoms with Gasteiger partial charge in [-0.1, -0.05) is 19.1 Å². The van der Waals surface area contributed by atoms with E-state index in [1.807, 2.05) is 12.3 Å². The van der Waals surface area contributed by atoms with Crippen LogP contribution in [0.15, 0.2) is 24.4 Å². The molecule has 0 saturated heterocycles. The molecule has 3 heteroatoms.